The summed E-state index contributed by atoms with van der Waals surface area (Å²) in [7, 11) is 0. The van der Waals surface area contributed by atoms with E-state index in [0.29, 0.717) is 12.8 Å². The highest BCUT2D eigenvalue weighted by molar-refractivity contribution is 5.92. The SMILES string of the molecule is CCCC[C@H](NC(=O)OCc1ccccc1)C(=O)N[C@H](C(=O)N[C@@H](Cc1ccccc1)[C@@H](O)[C@H](O)[C@H](Cc1ccccc1)NC(=O)[C@@H](NC(=O)[C@H](CCCC)NC(=O)OCc1ccccc1)C(C)C)C(C)C. The molecule has 16 nitrogen and oxygen atoms in total. The standard InChI is InChI=1S/C56H76N6O10/c1-7-9-31-43(59-55(69)71-35-41-27-19-13-20-28-41)51(65)61-47(37(3)4)53(67)57-45(33-39-23-15-11-16-24-39)49(63)50(64)46(34-40-25-17-12-18-26-40)58-54(68)48(38(5)6)62-52(66)44(32-10-8-2)60-56(70)72-36-42-29-21-14-22-30-42/h11-30,37-38,43-50,63-64H,7-10,31-36H2,1-6H3,(H,57,67)(H,58,68)(H,59,69)(H,60,70)(H,61,65)(H,62,66)/t43-,44-,45-,46-,47-,48-,49+,50+/m0/s1. The van der Waals surface area contributed by atoms with Crippen LogP contribution in [0.15, 0.2) is 121 Å². The fourth-order valence-corrected chi connectivity index (χ4v) is 8.02. The van der Waals surface area contributed by atoms with Gasteiger partial charge in [0.1, 0.15) is 49.6 Å². The van der Waals surface area contributed by atoms with E-state index in [1.807, 2.05) is 111 Å². The van der Waals surface area contributed by atoms with Crippen molar-refractivity contribution < 1.29 is 48.5 Å². The van der Waals surface area contributed by atoms with E-state index in [0.717, 1.165) is 35.1 Å². The van der Waals surface area contributed by atoms with Gasteiger partial charge in [0.15, 0.2) is 0 Å². The van der Waals surface area contributed by atoms with Crippen LogP contribution in [0.2, 0.25) is 0 Å². The topological polar surface area (TPSA) is 234 Å². The molecule has 0 spiro atoms. The van der Waals surface area contributed by atoms with Crippen molar-refractivity contribution in [3.63, 3.8) is 0 Å². The third-order valence-electron chi connectivity index (χ3n) is 12.3. The smallest absolute Gasteiger partial charge is 0.408 e. The first-order chi connectivity index (χ1) is 34.6. The van der Waals surface area contributed by atoms with Gasteiger partial charge in [0.25, 0.3) is 0 Å². The number of amides is 6. The minimum atomic E-state index is -1.69. The van der Waals surface area contributed by atoms with Gasteiger partial charge < -0.3 is 51.6 Å². The summed E-state index contributed by atoms with van der Waals surface area (Å²) in [4.78, 5) is 82.4. The van der Waals surface area contributed by atoms with Crippen molar-refractivity contribution in [1.82, 2.24) is 31.9 Å². The number of hydrogen-bond donors (Lipinski definition) is 8. The van der Waals surface area contributed by atoms with Gasteiger partial charge >= 0.3 is 12.2 Å². The monoisotopic (exact) mass is 993 g/mol. The molecule has 0 heterocycles. The molecule has 16 heteroatoms. The zero-order valence-electron chi connectivity index (χ0n) is 42.6. The molecular weight excluding hydrogens is 917 g/mol. The van der Waals surface area contributed by atoms with Crippen LogP contribution in [0, 0.1) is 11.8 Å². The van der Waals surface area contributed by atoms with Crippen LogP contribution in [0.3, 0.4) is 0 Å². The van der Waals surface area contributed by atoms with Crippen LogP contribution < -0.4 is 31.9 Å². The van der Waals surface area contributed by atoms with Gasteiger partial charge in [-0.15, -0.1) is 0 Å². The number of carbonyl (C=O) groups is 6. The summed E-state index contributed by atoms with van der Waals surface area (Å²) < 4.78 is 10.8. The van der Waals surface area contributed by atoms with Crippen LogP contribution in [0.1, 0.15) is 102 Å². The predicted octanol–water partition coefficient (Wildman–Crippen LogP) is 6.42. The van der Waals surface area contributed by atoms with Crippen LogP contribution in [0.25, 0.3) is 0 Å². The highest BCUT2D eigenvalue weighted by atomic mass is 16.6. The summed E-state index contributed by atoms with van der Waals surface area (Å²) in [6.07, 6.45) is -1.61. The fraction of sp³-hybridized carbons (Fsp3) is 0.464. The number of benzene rings is 4. The number of aliphatic hydroxyl groups excluding tert-OH is 2. The minimum absolute atomic E-state index is 0.000385. The van der Waals surface area contributed by atoms with E-state index >= 15 is 0 Å². The summed E-state index contributed by atoms with van der Waals surface area (Å²) in [5.74, 6) is -3.41. The highest BCUT2D eigenvalue weighted by Crippen LogP contribution is 2.18. The van der Waals surface area contributed by atoms with E-state index in [1.165, 1.54) is 0 Å². The Kier molecular flexibility index (Phi) is 24.8. The van der Waals surface area contributed by atoms with Crippen LogP contribution in [-0.4, -0.2) is 94.5 Å². The molecule has 0 aliphatic heterocycles. The maximum atomic E-state index is 14.4. The number of nitrogens with one attached hydrogen (secondary N) is 6. The average Bonchev–Trinajstić information content (AvgIpc) is 3.38. The largest absolute Gasteiger partial charge is 0.445 e. The quantitative estimate of drug-likeness (QED) is 0.0298. The molecule has 0 fully saturated rings. The number of unbranched alkanes of at least 4 members (excludes halogenated alkanes) is 2. The second-order valence-corrected chi connectivity index (χ2v) is 18.9. The zero-order valence-corrected chi connectivity index (χ0v) is 42.6. The van der Waals surface area contributed by atoms with Crippen molar-refractivity contribution >= 4 is 35.8 Å². The first-order valence-corrected chi connectivity index (χ1v) is 25.2. The van der Waals surface area contributed by atoms with Crippen molar-refractivity contribution in [2.45, 2.75) is 155 Å². The Morgan fingerprint density at radius 3 is 1.03 bits per heavy atom. The van der Waals surface area contributed by atoms with E-state index in [2.05, 4.69) is 31.9 Å². The molecule has 0 saturated carbocycles. The summed E-state index contributed by atoms with van der Waals surface area (Å²) in [6, 6.07) is 29.7. The van der Waals surface area contributed by atoms with Gasteiger partial charge in [-0.25, -0.2) is 9.59 Å². The summed E-state index contributed by atoms with van der Waals surface area (Å²) in [5, 5.41) is 41.2. The van der Waals surface area contributed by atoms with Crippen molar-refractivity contribution in [1.29, 1.82) is 0 Å². The van der Waals surface area contributed by atoms with Crippen LogP contribution in [0.4, 0.5) is 9.59 Å². The Labute approximate surface area is 424 Å². The van der Waals surface area contributed by atoms with E-state index in [1.54, 1.807) is 52.0 Å². The molecular formula is C56H76N6O10. The van der Waals surface area contributed by atoms with E-state index in [4.69, 9.17) is 9.47 Å². The fourth-order valence-electron chi connectivity index (χ4n) is 8.02. The number of rotatable bonds is 29. The van der Waals surface area contributed by atoms with Gasteiger partial charge in [0, 0.05) is 0 Å². The Morgan fingerprint density at radius 2 is 0.736 bits per heavy atom. The van der Waals surface area contributed by atoms with Crippen LogP contribution >= 0.6 is 0 Å². The molecule has 4 aromatic carbocycles. The number of aliphatic hydroxyl groups is 2. The van der Waals surface area contributed by atoms with E-state index < -0.39 is 96.1 Å². The van der Waals surface area contributed by atoms with Gasteiger partial charge in [-0.3, -0.25) is 19.2 Å². The number of ether oxygens (including phenoxy) is 2. The van der Waals surface area contributed by atoms with Gasteiger partial charge in [-0.05, 0) is 59.8 Å². The van der Waals surface area contributed by atoms with Crippen molar-refractivity contribution in [3.05, 3.63) is 144 Å². The minimum Gasteiger partial charge on any atom is -0.445 e. The molecule has 0 radical (unpaired) electrons. The summed E-state index contributed by atoms with van der Waals surface area (Å²) in [6.45, 7) is 10.9. The van der Waals surface area contributed by atoms with E-state index in [9.17, 15) is 39.0 Å². The maximum Gasteiger partial charge on any atom is 0.408 e. The molecule has 4 rings (SSSR count). The molecule has 0 unspecified atom stereocenters. The lowest BCUT2D eigenvalue weighted by Gasteiger charge is -2.35. The molecule has 4 aromatic rings. The van der Waals surface area contributed by atoms with Gasteiger partial charge in [0.2, 0.25) is 23.6 Å². The molecule has 72 heavy (non-hydrogen) atoms. The molecule has 0 bridgehead atoms. The molecule has 0 saturated heterocycles. The number of hydrogen-bond acceptors (Lipinski definition) is 10. The Balaban J connectivity index is 1.55. The highest BCUT2D eigenvalue weighted by Gasteiger charge is 2.38. The third kappa shape index (κ3) is 19.8. The lowest BCUT2D eigenvalue weighted by Crippen LogP contribution is -2.62. The Hall–Kier alpha value is -6.78. The molecule has 390 valence electrons. The van der Waals surface area contributed by atoms with Gasteiger partial charge in [-0.2, -0.15) is 0 Å². The predicted molar refractivity (Wildman–Crippen MR) is 276 cm³/mol. The van der Waals surface area contributed by atoms with Crippen molar-refractivity contribution in [2.75, 3.05) is 0 Å². The molecule has 0 aliphatic rings. The van der Waals surface area contributed by atoms with Crippen LogP contribution in [0.5, 0.6) is 0 Å². The first kappa shape index (κ1) is 57.8. The summed E-state index contributed by atoms with van der Waals surface area (Å²) in [5.41, 5.74) is 2.99. The zero-order chi connectivity index (χ0) is 52.4. The maximum absolute atomic E-state index is 14.4. The number of alkyl carbamates (subject to hydrolysis) is 2. The third-order valence-corrected chi connectivity index (χ3v) is 12.3. The van der Waals surface area contributed by atoms with Crippen LogP contribution in [-0.2, 0) is 54.7 Å². The molecule has 8 atom stereocenters. The molecule has 0 aromatic heterocycles. The van der Waals surface area contributed by atoms with Gasteiger partial charge in [0.05, 0.1) is 12.1 Å². The average molecular weight is 993 g/mol. The van der Waals surface area contributed by atoms with Gasteiger partial charge in [-0.1, -0.05) is 189 Å². The van der Waals surface area contributed by atoms with Crippen molar-refractivity contribution in [2.24, 2.45) is 11.8 Å². The lowest BCUT2D eigenvalue weighted by atomic mass is 9.90. The number of carbonyl (C=O) groups excluding carboxylic acids is 6. The first-order valence-electron chi connectivity index (χ1n) is 25.2. The second-order valence-electron chi connectivity index (χ2n) is 18.9. The van der Waals surface area contributed by atoms with Crippen molar-refractivity contribution in [3.8, 4) is 0 Å². The summed E-state index contributed by atoms with van der Waals surface area (Å²) >= 11 is 0. The normalized spacial score (nSPS) is 14.5. The lowest BCUT2D eigenvalue weighted by molar-refractivity contribution is -0.133. The second kappa shape index (κ2) is 30.8. The van der Waals surface area contributed by atoms with E-state index in [-0.39, 0.29) is 38.9 Å². The molecule has 6 amide bonds. The Morgan fingerprint density at radius 1 is 0.431 bits per heavy atom. The Bertz CT molecular complexity index is 2090. The molecule has 0 aliphatic carbocycles. The molecule has 8 N–H and O–H groups in total.